The van der Waals surface area contributed by atoms with Crippen molar-refractivity contribution in [2.24, 2.45) is 0 Å². The number of nitrogens with one attached hydrogen (secondary N) is 2. The first-order valence-electron chi connectivity index (χ1n) is 6.44. The van der Waals surface area contributed by atoms with Crippen molar-refractivity contribution < 1.29 is 4.74 Å². The third-order valence-electron chi connectivity index (χ3n) is 3.99. The number of rotatable bonds is 1. The van der Waals surface area contributed by atoms with Gasteiger partial charge >= 0.3 is 0 Å². The molecule has 0 atom stereocenters. The van der Waals surface area contributed by atoms with E-state index in [2.05, 4.69) is 37.1 Å². The molecule has 0 saturated heterocycles. The van der Waals surface area contributed by atoms with E-state index in [0.717, 1.165) is 24.4 Å². The molecule has 3 heteroatoms. The summed E-state index contributed by atoms with van der Waals surface area (Å²) in [6, 6.07) is 4.18. The van der Waals surface area contributed by atoms with Crippen LogP contribution in [0.4, 0.5) is 0 Å². The lowest BCUT2D eigenvalue weighted by Gasteiger charge is -2.30. The summed E-state index contributed by atoms with van der Waals surface area (Å²) in [5.74, 6) is 0.931. The smallest absolute Gasteiger partial charge is 0.142 e. The number of hydrogen-bond donors (Lipinski definition) is 2. The maximum absolute atomic E-state index is 5.48. The second kappa shape index (κ2) is 3.75. The van der Waals surface area contributed by atoms with Crippen LogP contribution >= 0.6 is 0 Å². The Balaban J connectivity index is 2.39. The average molecular weight is 244 g/mol. The number of benzene rings is 1. The monoisotopic (exact) mass is 244 g/mol. The first-order chi connectivity index (χ1) is 8.54. The number of aromatic amines is 1. The fourth-order valence-corrected chi connectivity index (χ4v) is 3.04. The predicted molar refractivity (Wildman–Crippen MR) is 74.3 cm³/mol. The summed E-state index contributed by atoms with van der Waals surface area (Å²) in [7, 11) is 1.73. The normalized spacial score (nSPS) is 17.8. The summed E-state index contributed by atoms with van der Waals surface area (Å²) >= 11 is 0. The van der Waals surface area contributed by atoms with Crippen LogP contribution in [0, 0.1) is 6.92 Å². The third-order valence-corrected chi connectivity index (χ3v) is 3.99. The highest BCUT2D eigenvalue weighted by Gasteiger charge is 2.31. The first-order valence-corrected chi connectivity index (χ1v) is 6.44. The van der Waals surface area contributed by atoms with E-state index in [4.69, 9.17) is 4.74 Å². The summed E-state index contributed by atoms with van der Waals surface area (Å²) in [5.41, 5.74) is 5.34. The zero-order valence-electron chi connectivity index (χ0n) is 11.5. The standard InChI is InChI=1S/C15H20N2O/c1-9-5-6-11(18-4)13-12(9)10-7-16-8-15(2,3)14(10)17-13/h5-6,16-17H,7-8H2,1-4H3. The number of ether oxygens (including phenoxy) is 1. The second-order valence-electron chi connectivity index (χ2n) is 5.80. The molecule has 2 N–H and O–H groups in total. The van der Waals surface area contributed by atoms with Crippen molar-refractivity contribution in [1.82, 2.24) is 10.3 Å². The molecule has 1 aromatic carbocycles. The Morgan fingerprint density at radius 2 is 2.06 bits per heavy atom. The minimum absolute atomic E-state index is 0.143. The van der Waals surface area contributed by atoms with Crippen LogP contribution in [0.25, 0.3) is 10.9 Å². The molecule has 1 aromatic heterocycles. The fraction of sp³-hybridized carbons (Fsp3) is 0.467. The molecule has 0 radical (unpaired) electrons. The van der Waals surface area contributed by atoms with Gasteiger partial charge in [0.15, 0.2) is 0 Å². The van der Waals surface area contributed by atoms with Crippen LogP contribution in [-0.2, 0) is 12.0 Å². The second-order valence-corrected chi connectivity index (χ2v) is 5.80. The van der Waals surface area contributed by atoms with E-state index in [1.54, 1.807) is 7.11 Å². The molecule has 0 spiro atoms. The van der Waals surface area contributed by atoms with Gasteiger partial charge in [0.1, 0.15) is 5.75 Å². The summed E-state index contributed by atoms with van der Waals surface area (Å²) < 4.78 is 5.48. The summed E-state index contributed by atoms with van der Waals surface area (Å²) in [5, 5.41) is 4.84. The van der Waals surface area contributed by atoms with E-state index in [0.29, 0.717) is 0 Å². The van der Waals surface area contributed by atoms with Gasteiger partial charge in [-0.1, -0.05) is 19.9 Å². The molecule has 3 nitrogen and oxygen atoms in total. The van der Waals surface area contributed by atoms with Gasteiger partial charge in [0.05, 0.1) is 12.6 Å². The van der Waals surface area contributed by atoms with Crippen LogP contribution in [0.1, 0.15) is 30.7 Å². The van der Waals surface area contributed by atoms with Crippen molar-refractivity contribution in [1.29, 1.82) is 0 Å². The van der Waals surface area contributed by atoms with E-state index >= 15 is 0 Å². The van der Waals surface area contributed by atoms with E-state index < -0.39 is 0 Å². The van der Waals surface area contributed by atoms with Gasteiger partial charge in [0.25, 0.3) is 0 Å². The number of fused-ring (bicyclic) bond motifs is 3. The topological polar surface area (TPSA) is 37.0 Å². The molecule has 3 rings (SSSR count). The maximum Gasteiger partial charge on any atom is 0.142 e. The van der Waals surface area contributed by atoms with Gasteiger partial charge in [0, 0.05) is 29.6 Å². The Morgan fingerprint density at radius 1 is 1.28 bits per heavy atom. The highest BCUT2D eigenvalue weighted by atomic mass is 16.5. The molecule has 2 aromatic rings. The van der Waals surface area contributed by atoms with E-state index in [1.165, 1.54) is 22.2 Å². The SMILES string of the molecule is COc1ccc(C)c2c3c([nH]c12)C(C)(C)CNC3. The molecule has 2 heterocycles. The molecule has 1 aliphatic heterocycles. The molecular weight excluding hydrogens is 224 g/mol. The minimum atomic E-state index is 0.143. The van der Waals surface area contributed by atoms with Gasteiger partial charge in [-0.15, -0.1) is 0 Å². The van der Waals surface area contributed by atoms with Crippen molar-refractivity contribution in [3.63, 3.8) is 0 Å². The Morgan fingerprint density at radius 3 is 2.78 bits per heavy atom. The molecule has 0 unspecified atom stereocenters. The van der Waals surface area contributed by atoms with E-state index in [-0.39, 0.29) is 5.41 Å². The molecule has 0 bridgehead atoms. The number of aryl methyl sites for hydroxylation is 1. The van der Waals surface area contributed by atoms with Crippen molar-refractivity contribution in [3.05, 3.63) is 29.0 Å². The van der Waals surface area contributed by atoms with E-state index in [1.807, 2.05) is 6.07 Å². The van der Waals surface area contributed by atoms with Gasteiger partial charge in [-0.25, -0.2) is 0 Å². The lowest BCUT2D eigenvalue weighted by molar-refractivity contribution is 0.417. The van der Waals surface area contributed by atoms with Gasteiger partial charge < -0.3 is 15.0 Å². The van der Waals surface area contributed by atoms with Crippen LogP contribution in [0.2, 0.25) is 0 Å². The largest absolute Gasteiger partial charge is 0.495 e. The van der Waals surface area contributed by atoms with Crippen LogP contribution < -0.4 is 10.1 Å². The Hall–Kier alpha value is -1.48. The average Bonchev–Trinajstić information content (AvgIpc) is 2.71. The predicted octanol–water partition coefficient (Wildman–Crippen LogP) is 2.87. The summed E-state index contributed by atoms with van der Waals surface area (Å²) in [4.78, 5) is 3.60. The van der Waals surface area contributed by atoms with Crippen molar-refractivity contribution in [3.8, 4) is 5.75 Å². The van der Waals surface area contributed by atoms with Crippen molar-refractivity contribution in [2.75, 3.05) is 13.7 Å². The Kier molecular flexibility index (Phi) is 2.42. The molecule has 96 valence electrons. The van der Waals surface area contributed by atoms with Gasteiger partial charge in [-0.05, 0) is 24.1 Å². The molecule has 0 amide bonds. The highest BCUT2D eigenvalue weighted by Crippen LogP contribution is 2.38. The molecule has 1 aliphatic rings. The zero-order chi connectivity index (χ0) is 12.9. The number of H-pyrrole nitrogens is 1. The molecule has 0 aliphatic carbocycles. The lowest BCUT2D eigenvalue weighted by atomic mass is 9.83. The van der Waals surface area contributed by atoms with Crippen molar-refractivity contribution in [2.45, 2.75) is 32.7 Å². The van der Waals surface area contributed by atoms with Gasteiger partial charge in [-0.3, -0.25) is 0 Å². The summed E-state index contributed by atoms with van der Waals surface area (Å²) in [6.45, 7) is 8.66. The minimum Gasteiger partial charge on any atom is -0.495 e. The number of methoxy groups -OCH3 is 1. The Bertz CT molecular complexity index is 610. The van der Waals surface area contributed by atoms with Crippen LogP contribution in [0.5, 0.6) is 5.75 Å². The number of hydrogen-bond acceptors (Lipinski definition) is 2. The molecule has 18 heavy (non-hydrogen) atoms. The quantitative estimate of drug-likeness (QED) is 0.809. The zero-order valence-corrected chi connectivity index (χ0v) is 11.5. The van der Waals surface area contributed by atoms with Crippen molar-refractivity contribution >= 4 is 10.9 Å². The molecule has 0 saturated carbocycles. The van der Waals surface area contributed by atoms with E-state index in [9.17, 15) is 0 Å². The van der Waals surface area contributed by atoms with Gasteiger partial charge in [-0.2, -0.15) is 0 Å². The van der Waals surface area contributed by atoms with Gasteiger partial charge in [0.2, 0.25) is 0 Å². The third kappa shape index (κ3) is 1.47. The van der Waals surface area contributed by atoms with Crippen LogP contribution in [0.3, 0.4) is 0 Å². The Labute approximate surface area is 108 Å². The molecule has 0 fully saturated rings. The highest BCUT2D eigenvalue weighted by molar-refractivity contribution is 5.92. The number of aromatic nitrogens is 1. The maximum atomic E-state index is 5.48. The lowest BCUT2D eigenvalue weighted by Crippen LogP contribution is -2.38. The first kappa shape index (κ1) is 11.6. The summed E-state index contributed by atoms with van der Waals surface area (Å²) in [6.07, 6.45) is 0. The fourth-order valence-electron chi connectivity index (χ4n) is 3.04. The van der Waals surface area contributed by atoms with Crippen LogP contribution in [0.15, 0.2) is 12.1 Å². The van der Waals surface area contributed by atoms with Crippen LogP contribution in [-0.4, -0.2) is 18.6 Å². The molecular formula is C15H20N2O.